The molecular weight excluding hydrogens is 575 g/mol. The third kappa shape index (κ3) is 3.80. The zero-order valence-electron chi connectivity index (χ0n) is 24.3. The lowest BCUT2D eigenvalue weighted by atomic mass is 9.96. The van der Waals surface area contributed by atoms with Gasteiger partial charge in [0.25, 0.3) is 0 Å². The number of halogens is 1. The van der Waals surface area contributed by atoms with Gasteiger partial charge in [0.05, 0.1) is 52.7 Å². The first-order chi connectivity index (χ1) is 21.3. The molecule has 6 heterocycles. The van der Waals surface area contributed by atoms with Crippen LogP contribution in [0.2, 0.25) is 0 Å². The topological polar surface area (TPSA) is 82.0 Å². The van der Waals surface area contributed by atoms with Crippen LogP contribution in [0.15, 0.2) is 83.6 Å². The van der Waals surface area contributed by atoms with Crippen LogP contribution in [0.4, 0.5) is 4.39 Å². The number of hydrogen-bond donors (Lipinski definition) is 0. The molecule has 10 heteroatoms. The summed E-state index contributed by atoms with van der Waals surface area (Å²) < 4.78 is 26.7. The molecule has 0 radical (unpaired) electrons. The van der Waals surface area contributed by atoms with Gasteiger partial charge in [0.15, 0.2) is 0 Å². The highest BCUT2D eigenvalue weighted by Crippen LogP contribution is 2.47. The summed E-state index contributed by atoms with van der Waals surface area (Å²) in [4.78, 5) is 24.4. The molecule has 1 aliphatic heterocycles. The van der Waals surface area contributed by atoms with Gasteiger partial charge in [-0.2, -0.15) is 5.10 Å². The monoisotopic (exact) mass is 602 g/mol. The highest BCUT2D eigenvalue weighted by Gasteiger charge is 2.34. The number of amides is 1. The van der Waals surface area contributed by atoms with E-state index in [0.717, 1.165) is 43.5 Å². The van der Waals surface area contributed by atoms with Crippen molar-refractivity contribution >= 4 is 49.3 Å². The summed E-state index contributed by atoms with van der Waals surface area (Å²) in [6.07, 6.45) is 4.71. The zero-order valence-corrected chi connectivity index (χ0v) is 25.1. The number of rotatable bonds is 4. The fourth-order valence-electron chi connectivity index (χ4n) is 6.45. The minimum absolute atomic E-state index is 0.0796. The largest absolute Gasteiger partial charge is 0.464 e. The first kappa shape index (κ1) is 26.5. The van der Waals surface area contributed by atoms with Gasteiger partial charge >= 0.3 is 0 Å². The molecule has 8 rings (SSSR count). The Bertz CT molecular complexity index is 2290. The smallest absolute Gasteiger partial charge is 0.246 e. The second kappa shape index (κ2) is 9.72. The van der Waals surface area contributed by atoms with Crippen LogP contribution in [-0.4, -0.2) is 41.7 Å². The number of thiophene rings is 1. The average molecular weight is 603 g/mol. The van der Waals surface area contributed by atoms with Crippen molar-refractivity contribution < 1.29 is 13.6 Å². The van der Waals surface area contributed by atoms with Crippen LogP contribution in [0.25, 0.3) is 65.9 Å². The Balaban J connectivity index is 1.44. The van der Waals surface area contributed by atoms with Gasteiger partial charge in [0.2, 0.25) is 5.91 Å². The molecular formula is C34H27FN6O2S. The number of fused-ring (bicyclic) bond motifs is 4. The van der Waals surface area contributed by atoms with Gasteiger partial charge in [-0.05, 0) is 67.8 Å². The molecule has 0 bridgehead atoms. The van der Waals surface area contributed by atoms with Gasteiger partial charge in [-0.1, -0.05) is 12.6 Å². The molecule has 2 atom stereocenters. The molecule has 0 fully saturated rings. The van der Waals surface area contributed by atoms with E-state index in [1.165, 1.54) is 23.5 Å². The van der Waals surface area contributed by atoms with Crippen LogP contribution >= 0.6 is 11.3 Å². The summed E-state index contributed by atoms with van der Waals surface area (Å²) in [5, 5.41) is 8.77. The first-order valence-corrected chi connectivity index (χ1v) is 15.2. The number of carbonyl (C=O) groups excluding carboxylic acids is 1. The van der Waals surface area contributed by atoms with Crippen molar-refractivity contribution in [3.63, 3.8) is 0 Å². The lowest BCUT2D eigenvalue weighted by Gasteiger charge is -2.36. The Morgan fingerprint density at radius 3 is 2.82 bits per heavy atom. The highest BCUT2D eigenvalue weighted by molar-refractivity contribution is 7.18. The fraction of sp³-hybridized carbons (Fsp3) is 0.176. The minimum Gasteiger partial charge on any atom is -0.464 e. The Morgan fingerprint density at radius 2 is 1.98 bits per heavy atom. The third-order valence-corrected chi connectivity index (χ3v) is 9.60. The standard InChI is InChI=1S/C34H27FN6O2S/c1-5-28(42)40-16-18(2)41-27(19(40)3)15-25(38-41)32-30(29-23(35)8-6-20-10-12-43-33(20)29)34-22(11-13-44-34)31(37-32)21-7-9-26-24(14-21)36-17-39(26)4/h5-15,17-19H,1,16H2,2-4H3/t18-,19+/m0/s1. The van der Waals surface area contributed by atoms with E-state index in [1.807, 2.05) is 71.9 Å². The van der Waals surface area contributed by atoms with Crippen molar-refractivity contribution in [3.05, 3.63) is 90.7 Å². The number of carbonyl (C=O) groups is 1. The number of hydrogen-bond acceptors (Lipinski definition) is 6. The molecule has 44 heavy (non-hydrogen) atoms. The molecule has 218 valence electrons. The lowest BCUT2D eigenvalue weighted by molar-refractivity contribution is -0.129. The fourth-order valence-corrected chi connectivity index (χ4v) is 7.40. The maximum atomic E-state index is 16.0. The van der Waals surface area contributed by atoms with Crippen LogP contribution in [0.3, 0.4) is 0 Å². The van der Waals surface area contributed by atoms with E-state index < -0.39 is 5.82 Å². The molecule has 5 aromatic heterocycles. The minimum atomic E-state index is -0.402. The molecule has 7 aromatic rings. The number of aryl methyl sites for hydroxylation is 1. The van der Waals surface area contributed by atoms with E-state index in [2.05, 4.69) is 11.6 Å². The quantitative estimate of drug-likeness (QED) is 0.191. The summed E-state index contributed by atoms with van der Waals surface area (Å²) in [5.74, 6) is -0.530. The molecule has 8 nitrogen and oxygen atoms in total. The molecule has 0 unspecified atom stereocenters. The zero-order chi connectivity index (χ0) is 30.3. The second-order valence-electron chi connectivity index (χ2n) is 11.3. The summed E-state index contributed by atoms with van der Waals surface area (Å²) in [6, 6.07) is 14.8. The van der Waals surface area contributed by atoms with Crippen LogP contribution < -0.4 is 0 Å². The summed E-state index contributed by atoms with van der Waals surface area (Å²) in [7, 11) is 1.97. The Hall–Kier alpha value is -5.09. The van der Waals surface area contributed by atoms with Crippen LogP contribution in [0.5, 0.6) is 0 Å². The van der Waals surface area contributed by atoms with E-state index >= 15 is 4.39 Å². The molecule has 0 spiro atoms. The van der Waals surface area contributed by atoms with Gasteiger partial charge in [0.1, 0.15) is 22.8 Å². The van der Waals surface area contributed by atoms with Gasteiger partial charge in [-0.15, -0.1) is 11.3 Å². The van der Waals surface area contributed by atoms with E-state index in [9.17, 15) is 4.79 Å². The number of benzene rings is 2. The van der Waals surface area contributed by atoms with E-state index in [0.29, 0.717) is 34.6 Å². The van der Waals surface area contributed by atoms with Crippen LogP contribution in [-0.2, 0) is 11.8 Å². The van der Waals surface area contributed by atoms with Crippen molar-refractivity contribution in [1.82, 2.24) is 29.2 Å². The highest BCUT2D eigenvalue weighted by atomic mass is 32.1. The number of pyridine rings is 1. The maximum absolute atomic E-state index is 16.0. The van der Waals surface area contributed by atoms with Crippen molar-refractivity contribution in [2.24, 2.45) is 7.05 Å². The van der Waals surface area contributed by atoms with Crippen molar-refractivity contribution in [2.75, 3.05) is 6.54 Å². The van der Waals surface area contributed by atoms with Gasteiger partial charge in [-0.3, -0.25) is 9.48 Å². The van der Waals surface area contributed by atoms with Crippen molar-refractivity contribution in [2.45, 2.75) is 25.9 Å². The predicted molar refractivity (Wildman–Crippen MR) is 171 cm³/mol. The Labute approximate surface area is 255 Å². The maximum Gasteiger partial charge on any atom is 0.246 e. The molecule has 0 aliphatic carbocycles. The van der Waals surface area contributed by atoms with Crippen LogP contribution in [0, 0.1) is 5.82 Å². The van der Waals surface area contributed by atoms with Gasteiger partial charge in [-0.25, -0.2) is 14.4 Å². The normalized spacial score (nSPS) is 16.7. The SMILES string of the molecule is C=CC(=O)N1C[C@H](C)n2nc(-c3nc(-c4ccc5c(c4)ncn5C)c4ccsc4c3-c3c(F)ccc4ccoc34)cc2[C@H]1C. The van der Waals surface area contributed by atoms with Crippen molar-refractivity contribution in [1.29, 1.82) is 0 Å². The van der Waals surface area contributed by atoms with E-state index in [4.69, 9.17) is 14.5 Å². The Morgan fingerprint density at radius 1 is 1.11 bits per heavy atom. The number of imidazole rings is 1. The Kier molecular flexibility index (Phi) is 5.86. The summed E-state index contributed by atoms with van der Waals surface area (Å²) >= 11 is 1.53. The van der Waals surface area contributed by atoms with E-state index in [1.54, 1.807) is 23.6 Å². The predicted octanol–water partition coefficient (Wildman–Crippen LogP) is 7.92. The molecule has 0 saturated heterocycles. The van der Waals surface area contributed by atoms with Crippen LogP contribution in [0.1, 0.15) is 31.6 Å². The average Bonchev–Trinajstić information content (AvgIpc) is 3.84. The molecule has 2 aromatic carbocycles. The number of aromatic nitrogens is 5. The van der Waals surface area contributed by atoms with E-state index in [-0.39, 0.29) is 18.0 Å². The van der Waals surface area contributed by atoms with Gasteiger partial charge in [0, 0.05) is 40.2 Å². The van der Waals surface area contributed by atoms with Crippen molar-refractivity contribution in [3.8, 4) is 33.8 Å². The summed E-state index contributed by atoms with van der Waals surface area (Å²) in [6.45, 7) is 8.20. The third-order valence-electron chi connectivity index (χ3n) is 8.67. The summed E-state index contributed by atoms with van der Waals surface area (Å²) in [5.41, 5.74) is 6.99. The second-order valence-corrected chi connectivity index (χ2v) is 12.2. The number of furan rings is 1. The lowest BCUT2D eigenvalue weighted by Crippen LogP contribution is -2.42. The molecule has 0 saturated carbocycles. The first-order valence-electron chi connectivity index (χ1n) is 14.4. The molecule has 1 amide bonds. The van der Waals surface area contributed by atoms with Gasteiger partial charge < -0.3 is 13.9 Å². The molecule has 0 N–H and O–H groups in total. The number of nitrogens with zero attached hydrogens (tertiary/aromatic N) is 6. The molecule has 1 aliphatic rings.